The molecule has 0 unspecified atom stereocenters. The number of rotatable bonds is 9. The third-order valence-corrected chi connectivity index (χ3v) is 4.49. The maximum Gasteiger partial charge on any atom is 0.255 e. The molecule has 1 aromatic heterocycles. The molecule has 0 bridgehead atoms. The minimum absolute atomic E-state index is 0.132. The van der Waals surface area contributed by atoms with Crippen molar-refractivity contribution in [2.75, 3.05) is 13.7 Å². The van der Waals surface area contributed by atoms with Gasteiger partial charge in [0.2, 0.25) is 0 Å². The number of amides is 2. The van der Waals surface area contributed by atoms with Gasteiger partial charge in [-0.15, -0.1) is 0 Å². The summed E-state index contributed by atoms with van der Waals surface area (Å²) >= 11 is 6.21. The van der Waals surface area contributed by atoms with Crippen molar-refractivity contribution in [3.05, 3.63) is 70.8 Å². The van der Waals surface area contributed by atoms with E-state index in [-0.39, 0.29) is 34.6 Å². The Morgan fingerprint density at radius 3 is 2.67 bits per heavy atom. The van der Waals surface area contributed by atoms with Gasteiger partial charge in [-0.05, 0) is 23.3 Å². The fraction of sp³-hybridized carbons (Fsp3) is 0.200. The lowest BCUT2D eigenvalue weighted by molar-refractivity contribution is -0.119. The van der Waals surface area contributed by atoms with Crippen molar-refractivity contribution in [3.63, 3.8) is 0 Å². The lowest BCUT2D eigenvalue weighted by atomic mass is 10.1. The number of aromatic nitrogens is 3. The van der Waals surface area contributed by atoms with Crippen LogP contribution in [0.2, 0.25) is 5.02 Å². The number of hydrogen-bond acceptors (Lipinski definition) is 6. The van der Waals surface area contributed by atoms with Crippen LogP contribution in [0.1, 0.15) is 21.5 Å². The zero-order chi connectivity index (χ0) is 21.5. The first-order valence-corrected chi connectivity index (χ1v) is 9.31. The highest BCUT2D eigenvalue weighted by Crippen LogP contribution is 2.36. The zero-order valence-corrected chi connectivity index (χ0v) is 16.9. The maximum absolute atomic E-state index is 12.7. The number of nitrogens with two attached hydrogens (primary N) is 1. The number of benzene rings is 2. The molecule has 3 rings (SSSR count). The molecule has 0 radical (unpaired) electrons. The highest BCUT2D eigenvalue weighted by atomic mass is 35.5. The SMILES string of the molecule is COc1cc(C(=O)NCc2ccccc2Cn2cncn2)cc(Cl)c1OCC(N)=O. The number of methoxy groups -OCH3 is 1. The summed E-state index contributed by atoms with van der Waals surface area (Å²) < 4.78 is 12.2. The Bertz CT molecular complexity index is 1040. The number of nitrogens with zero attached hydrogens (tertiary/aromatic N) is 3. The van der Waals surface area contributed by atoms with Crippen LogP contribution < -0.4 is 20.5 Å². The molecule has 1 heterocycles. The summed E-state index contributed by atoms with van der Waals surface area (Å²) in [5.74, 6) is -0.625. The monoisotopic (exact) mass is 429 g/mol. The number of hydrogen-bond donors (Lipinski definition) is 2. The van der Waals surface area contributed by atoms with Crippen LogP contribution in [0.4, 0.5) is 0 Å². The van der Waals surface area contributed by atoms with E-state index >= 15 is 0 Å². The van der Waals surface area contributed by atoms with Crippen LogP contribution in [0.5, 0.6) is 11.5 Å². The molecule has 0 aliphatic rings. The molecule has 0 spiro atoms. The van der Waals surface area contributed by atoms with E-state index in [4.69, 9.17) is 26.8 Å². The zero-order valence-electron chi connectivity index (χ0n) is 16.2. The molecule has 3 aromatic rings. The molecule has 0 atom stereocenters. The predicted molar refractivity (Wildman–Crippen MR) is 109 cm³/mol. The summed E-state index contributed by atoms with van der Waals surface area (Å²) in [6.45, 7) is 0.491. The largest absolute Gasteiger partial charge is 0.493 e. The summed E-state index contributed by atoms with van der Waals surface area (Å²) in [6.07, 6.45) is 3.10. The quantitative estimate of drug-likeness (QED) is 0.534. The van der Waals surface area contributed by atoms with Gasteiger partial charge >= 0.3 is 0 Å². The second kappa shape index (κ2) is 9.75. The maximum atomic E-state index is 12.7. The van der Waals surface area contributed by atoms with Crippen molar-refractivity contribution in [2.24, 2.45) is 5.73 Å². The smallest absolute Gasteiger partial charge is 0.255 e. The van der Waals surface area contributed by atoms with E-state index in [1.165, 1.54) is 25.6 Å². The average molecular weight is 430 g/mol. The highest BCUT2D eigenvalue weighted by Gasteiger charge is 2.17. The van der Waals surface area contributed by atoms with Crippen LogP contribution >= 0.6 is 11.6 Å². The number of primary amides is 1. The number of carbonyl (C=O) groups is 2. The summed E-state index contributed by atoms with van der Waals surface area (Å²) in [6, 6.07) is 10.6. The van der Waals surface area contributed by atoms with Gasteiger partial charge in [-0.2, -0.15) is 5.10 Å². The Balaban J connectivity index is 1.72. The van der Waals surface area contributed by atoms with E-state index in [9.17, 15) is 9.59 Å². The molecule has 0 saturated carbocycles. The number of halogens is 1. The van der Waals surface area contributed by atoms with Crippen molar-refractivity contribution in [2.45, 2.75) is 13.1 Å². The molecule has 156 valence electrons. The lowest BCUT2D eigenvalue weighted by Crippen LogP contribution is -2.24. The Morgan fingerprint density at radius 2 is 2.00 bits per heavy atom. The first-order chi connectivity index (χ1) is 14.5. The third kappa shape index (κ3) is 5.26. The van der Waals surface area contributed by atoms with Gasteiger partial charge in [-0.1, -0.05) is 35.9 Å². The van der Waals surface area contributed by atoms with Crippen molar-refractivity contribution in [1.82, 2.24) is 20.1 Å². The Hall–Kier alpha value is -3.59. The van der Waals surface area contributed by atoms with Crippen LogP contribution in [0.25, 0.3) is 0 Å². The molecule has 0 aliphatic heterocycles. The third-order valence-electron chi connectivity index (χ3n) is 4.21. The van der Waals surface area contributed by atoms with E-state index in [1.54, 1.807) is 11.0 Å². The van der Waals surface area contributed by atoms with Crippen molar-refractivity contribution < 1.29 is 19.1 Å². The highest BCUT2D eigenvalue weighted by molar-refractivity contribution is 6.32. The van der Waals surface area contributed by atoms with Gasteiger partial charge in [0, 0.05) is 12.1 Å². The Kier molecular flexibility index (Phi) is 6.87. The van der Waals surface area contributed by atoms with Gasteiger partial charge in [0.1, 0.15) is 12.7 Å². The Labute approximate surface area is 177 Å². The van der Waals surface area contributed by atoms with Crippen molar-refractivity contribution in [1.29, 1.82) is 0 Å². The molecule has 30 heavy (non-hydrogen) atoms. The van der Waals surface area contributed by atoms with Crippen LogP contribution in [-0.4, -0.2) is 40.3 Å². The number of ether oxygens (including phenoxy) is 2. The van der Waals surface area contributed by atoms with Crippen molar-refractivity contribution in [3.8, 4) is 11.5 Å². The standard InChI is InChI=1S/C20H20ClN5O4/c1-29-17-7-15(6-16(21)19(17)30-10-18(22)27)20(28)24-8-13-4-2-3-5-14(13)9-26-12-23-11-25-26/h2-7,11-12H,8-10H2,1H3,(H2,22,27)(H,24,28). The first-order valence-electron chi connectivity index (χ1n) is 8.94. The van der Waals surface area contributed by atoms with Crippen LogP contribution in [0.15, 0.2) is 49.1 Å². The van der Waals surface area contributed by atoms with Gasteiger partial charge in [0.15, 0.2) is 18.1 Å². The van der Waals surface area contributed by atoms with Crippen LogP contribution in [0.3, 0.4) is 0 Å². The fourth-order valence-electron chi connectivity index (χ4n) is 2.78. The summed E-state index contributed by atoms with van der Waals surface area (Å²) in [7, 11) is 1.41. The second-order valence-electron chi connectivity index (χ2n) is 6.29. The van der Waals surface area contributed by atoms with Crippen LogP contribution in [0, 0.1) is 0 Å². The van der Waals surface area contributed by atoms with E-state index in [0.717, 1.165) is 11.1 Å². The normalized spacial score (nSPS) is 10.5. The van der Waals surface area contributed by atoms with Gasteiger partial charge in [-0.3, -0.25) is 9.59 Å². The molecular formula is C20H20ClN5O4. The number of nitrogens with one attached hydrogen (secondary N) is 1. The fourth-order valence-corrected chi connectivity index (χ4v) is 3.05. The van der Waals surface area contributed by atoms with E-state index < -0.39 is 5.91 Å². The first kappa shape index (κ1) is 21.1. The molecule has 2 aromatic carbocycles. The molecule has 0 fully saturated rings. The molecular weight excluding hydrogens is 410 g/mol. The minimum Gasteiger partial charge on any atom is -0.493 e. The molecule has 10 heteroatoms. The van der Waals surface area contributed by atoms with Gasteiger partial charge < -0.3 is 20.5 Å². The van der Waals surface area contributed by atoms with Gasteiger partial charge in [0.25, 0.3) is 11.8 Å². The number of carbonyl (C=O) groups excluding carboxylic acids is 2. The van der Waals surface area contributed by atoms with E-state index in [0.29, 0.717) is 13.1 Å². The molecule has 0 aliphatic carbocycles. The summed E-state index contributed by atoms with van der Waals surface area (Å²) in [5, 5.41) is 7.11. The topological polar surface area (TPSA) is 121 Å². The Morgan fingerprint density at radius 1 is 1.23 bits per heavy atom. The second-order valence-corrected chi connectivity index (χ2v) is 6.70. The lowest BCUT2D eigenvalue weighted by Gasteiger charge is -2.14. The molecule has 3 N–H and O–H groups in total. The van der Waals surface area contributed by atoms with Crippen LogP contribution in [-0.2, 0) is 17.9 Å². The minimum atomic E-state index is -0.653. The molecule has 2 amide bonds. The molecule has 0 saturated heterocycles. The molecule has 9 nitrogen and oxygen atoms in total. The average Bonchev–Trinajstić information content (AvgIpc) is 3.24. The van der Waals surface area contributed by atoms with Gasteiger partial charge in [-0.25, -0.2) is 9.67 Å². The van der Waals surface area contributed by atoms with E-state index in [1.807, 2.05) is 24.3 Å². The summed E-state index contributed by atoms with van der Waals surface area (Å²) in [5.41, 5.74) is 7.33. The van der Waals surface area contributed by atoms with Gasteiger partial charge in [0.05, 0.1) is 18.7 Å². The van der Waals surface area contributed by atoms with E-state index in [2.05, 4.69) is 15.4 Å². The predicted octanol–water partition coefficient (Wildman–Crippen LogP) is 1.78. The van der Waals surface area contributed by atoms with Crippen molar-refractivity contribution >= 4 is 23.4 Å². The summed E-state index contributed by atoms with van der Waals surface area (Å²) in [4.78, 5) is 27.6.